The van der Waals surface area contributed by atoms with Crippen molar-refractivity contribution in [1.29, 1.82) is 0 Å². The fourth-order valence-electron chi connectivity index (χ4n) is 3.93. The maximum atomic E-state index is 12.6. The van der Waals surface area contributed by atoms with Crippen LogP contribution in [0.15, 0.2) is 40.3 Å². The SMILES string of the molecule is Cn1cc(-c2cc(S(C)(=O)=O)cc3c2CC(C)(C)C(=O)N3)c2ccn(C)c2c1=O. The van der Waals surface area contributed by atoms with Crippen molar-refractivity contribution in [2.24, 2.45) is 19.5 Å². The van der Waals surface area contributed by atoms with E-state index in [1.165, 1.54) is 10.6 Å². The van der Waals surface area contributed by atoms with Crippen LogP contribution in [0.4, 0.5) is 5.69 Å². The van der Waals surface area contributed by atoms with Crippen LogP contribution in [0.3, 0.4) is 0 Å². The molecule has 1 aliphatic heterocycles. The Morgan fingerprint density at radius 2 is 1.76 bits per heavy atom. The molecule has 4 rings (SSSR count). The van der Waals surface area contributed by atoms with Gasteiger partial charge in [0, 0.05) is 54.8 Å². The van der Waals surface area contributed by atoms with Gasteiger partial charge in [0.2, 0.25) is 5.91 Å². The number of sulfone groups is 1. The summed E-state index contributed by atoms with van der Waals surface area (Å²) in [4.78, 5) is 25.3. The van der Waals surface area contributed by atoms with Gasteiger partial charge in [-0.2, -0.15) is 0 Å². The predicted molar refractivity (Wildman–Crippen MR) is 113 cm³/mol. The average Bonchev–Trinajstić information content (AvgIpc) is 2.99. The summed E-state index contributed by atoms with van der Waals surface area (Å²) in [5, 5.41) is 3.62. The van der Waals surface area contributed by atoms with E-state index in [4.69, 9.17) is 0 Å². The maximum absolute atomic E-state index is 12.6. The fraction of sp³-hybridized carbons (Fsp3) is 0.333. The highest BCUT2D eigenvalue weighted by molar-refractivity contribution is 7.90. The van der Waals surface area contributed by atoms with Crippen molar-refractivity contribution in [2.75, 3.05) is 11.6 Å². The second-order valence-electron chi connectivity index (χ2n) is 8.43. The van der Waals surface area contributed by atoms with Crippen molar-refractivity contribution in [1.82, 2.24) is 9.13 Å². The molecule has 0 unspecified atom stereocenters. The van der Waals surface area contributed by atoms with Gasteiger partial charge in [-0.15, -0.1) is 0 Å². The largest absolute Gasteiger partial charge is 0.346 e. The van der Waals surface area contributed by atoms with Crippen LogP contribution in [0.1, 0.15) is 19.4 Å². The molecular weight excluding hydrogens is 390 g/mol. The molecule has 1 aromatic carbocycles. The number of nitrogens with zero attached hydrogens (tertiary/aromatic N) is 2. The van der Waals surface area contributed by atoms with E-state index in [1.807, 2.05) is 26.1 Å². The lowest BCUT2D eigenvalue weighted by atomic mass is 9.78. The highest BCUT2D eigenvalue weighted by Gasteiger charge is 2.36. The highest BCUT2D eigenvalue weighted by atomic mass is 32.2. The number of rotatable bonds is 2. The molecule has 0 atom stereocenters. The third-order valence-electron chi connectivity index (χ3n) is 5.63. The first-order valence-electron chi connectivity index (χ1n) is 9.23. The fourth-order valence-corrected chi connectivity index (χ4v) is 4.60. The number of aryl methyl sites for hydroxylation is 2. The zero-order valence-corrected chi connectivity index (χ0v) is 17.8. The van der Waals surface area contributed by atoms with Crippen LogP contribution in [0.25, 0.3) is 22.0 Å². The second kappa shape index (κ2) is 6.06. The van der Waals surface area contributed by atoms with E-state index >= 15 is 0 Å². The molecule has 3 heterocycles. The number of pyridine rings is 1. The molecule has 7 nitrogen and oxygen atoms in total. The van der Waals surface area contributed by atoms with Crippen LogP contribution in [0.5, 0.6) is 0 Å². The molecule has 2 aromatic heterocycles. The number of hydrogen-bond donors (Lipinski definition) is 1. The molecule has 0 fully saturated rings. The van der Waals surface area contributed by atoms with Crippen molar-refractivity contribution in [2.45, 2.75) is 25.2 Å². The van der Waals surface area contributed by atoms with Crippen LogP contribution in [0.2, 0.25) is 0 Å². The lowest BCUT2D eigenvalue weighted by Crippen LogP contribution is -2.37. The molecule has 1 N–H and O–H groups in total. The Hall–Kier alpha value is -2.87. The molecule has 3 aromatic rings. The molecule has 8 heteroatoms. The van der Waals surface area contributed by atoms with Crippen molar-refractivity contribution in [3.05, 3.63) is 46.5 Å². The number of nitrogens with one attached hydrogen (secondary N) is 1. The summed E-state index contributed by atoms with van der Waals surface area (Å²) in [6.07, 6.45) is 5.15. The normalized spacial score (nSPS) is 16.0. The van der Waals surface area contributed by atoms with Gasteiger partial charge in [-0.05, 0) is 35.7 Å². The van der Waals surface area contributed by atoms with E-state index in [1.54, 1.807) is 30.9 Å². The summed E-state index contributed by atoms with van der Waals surface area (Å²) in [5.41, 5.74) is 2.63. The highest BCUT2D eigenvalue weighted by Crippen LogP contribution is 2.42. The zero-order chi connectivity index (χ0) is 21.3. The molecule has 1 aliphatic rings. The Balaban J connectivity index is 2.14. The van der Waals surface area contributed by atoms with Gasteiger partial charge in [0.25, 0.3) is 5.56 Å². The molecular formula is C21H23N3O4S. The van der Waals surface area contributed by atoms with Crippen molar-refractivity contribution in [3.8, 4) is 11.1 Å². The Bertz CT molecular complexity index is 1360. The zero-order valence-electron chi connectivity index (χ0n) is 17.0. The topological polar surface area (TPSA) is 90.2 Å². The summed E-state index contributed by atoms with van der Waals surface area (Å²) in [5.74, 6) is -0.146. The van der Waals surface area contributed by atoms with Crippen LogP contribution >= 0.6 is 0 Å². The van der Waals surface area contributed by atoms with Crippen molar-refractivity contribution in [3.63, 3.8) is 0 Å². The minimum atomic E-state index is -3.50. The molecule has 0 bridgehead atoms. The Kier molecular flexibility index (Phi) is 4.06. The number of benzene rings is 1. The number of fused-ring (bicyclic) bond motifs is 2. The van der Waals surface area contributed by atoms with E-state index in [-0.39, 0.29) is 16.4 Å². The lowest BCUT2D eigenvalue weighted by Gasteiger charge is -2.32. The smallest absolute Gasteiger partial charge is 0.274 e. The predicted octanol–water partition coefficient (Wildman–Crippen LogP) is 2.47. The standard InChI is InChI=1S/C21H23N3O4S/c1-21(2)10-15-14(8-12(29(5,27)28)9-17(15)22-20(21)26)16-11-24(4)19(25)18-13(16)6-7-23(18)3/h6-9,11H,10H2,1-5H3,(H,22,26). The maximum Gasteiger partial charge on any atom is 0.274 e. The number of anilines is 1. The van der Waals surface area contributed by atoms with Crippen LogP contribution < -0.4 is 10.9 Å². The summed E-state index contributed by atoms with van der Waals surface area (Å²) in [6, 6.07) is 5.03. The Labute approximate surface area is 168 Å². The number of aromatic nitrogens is 2. The van der Waals surface area contributed by atoms with Gasteiger partial charge in [-0.1, -0.05) is 13.8 Å². The van der Waals surface area contributed by atoms with Gasteiger partial charge in [0.05, 0.1) is 4.90 Å². The number of amides is 1. The van der Waals surface area contributed by atoms with Gasteiger partial charge in [-0.3, -0.25) is 9.59 Å². The van der Waals surface area contributed by atoms with E-state index < -0.39 is 15.3 Å². The van der Waals surface area contributed by atoms with Gasteiger partial charge >= 0.3 is 0 Å². The third kappa shape index (κ3) is 2.98. The van der Waals surface area contributed by atoms with Crippen LogP contribution in [-0.2, 0) is 35.1 Å². The van der Waals surface area contributed by atoms with E-state index in [9.17, 15) is 18.0 Å². The molecule has 1 amide bonds. The Morgan fingerprint density at radius 1 is 1.07 bits per heavy atom. The quantitative estimate of drug-likeness (QED) is 0.699. The first-order chi connectivity index (χ1) is 13.4. The first kappa shape index (κ1) is 19.4. The summed E-state index contributed by atoms with van der Waals surface area (Å²) in [6.45, 7) is 3.72. The summed E-state index contributed by atoms with van der Waals surface area (Å²) < 4.78 is 27.9. The van der Waals surface area contributed by atoms with Gasteiger partial charge < -0.3 is 14.5 Å². The minimum Gasteiger partial charge on any atom is -0.346 e. The first-order valence-corrected chi connectivity index (χ1v) is 11.1. The molecule has 0 spiro atoms. The third-order valence-corrected chi connectivity index (χ3v) is 6.72. The molecule has 152 valence electrons. The van der Waals surface area contributed by atoms with Gasteiger partial charge in [0.1, 0.15) is 5.52 Å². The van der Waals surface area contributed by atoms with E-state index in [2.05, 4.69) is 5.32 Å². The average molecular weight is 413 g/mol. The Morgan fingerprint density at radius 3 is 2.41 bits per heavy atom. The molecule has 0 saturated heterocycles. The van der Waals surface area contributed by atoms with E-state index in [0.29, 0.717) is 23.2 Å². The van der Waals surface area contributed by atoms with Crippen LogP contribution in [-0.4, -0.2) is 29.7 Å². The van der Waals surface area contributed by atoms with Gasteiger partial charge in [0.15, 0.2) is 9.84 Å². The molecule has 0 aliphatic carbocycles. The number of carbonyl (C=O) groups excluding carboxylic acids is 1. The number of hydrogen-bond acceptors (Lipinski definition) is 4. The molecule has 29 heavy (non-hydrogen) atoms. The monoisotopic (exact) mass is 413 g/mol. The number of carbonyl (C=O) groups is 1. The molecule has 0 saturated carbocycles. The summed E-state index contributed by atoms with van der Waals surface area (Å²) >= 11 is 0. The minimum absolute atomic E-state index is 0.127. The van der Waals surface area contributed by atoms with Gasteiger partial charge in [-0.25, -0.2) is 8.42 Å². The summed E-state index contributed by atoms with van der Waals surface area (Å²) in [7, 11) is -0.0222. The lowest BCUT2D eigenvalue weighted by molar-refractivity contribution is -0.124. The second-order valence-corrected chi connectivity index (χ2v) is 10.4. The molecule has 0 radical (unpaired) electrons. The van der Waals surface area contributed by atoms with Crippen LogP contribution in [0, 0.1) is 5.41 Å². The van der Waals surface area contributed by atoms with Crippen molar-refractivity contribution < 1.29 is 13.2 Å². The van der Waals surface area contributed by atoms with Crippen molar-refractivity contribution >= 4 is 32.3 Å². The van der Waals surface area contributed by atoms with E-state index in [0.717, 1.165) is 22.8 Å².